The number of hydrogen-bond donors (Lipinski definition) is 0. The van der Waals surface area contributed by atoms with Crippen LogP contribution in [0.4, 0.5) is 0 Å². The van der Waals surface area contributed by atoms with Crippen molar-refractivity contribution in [3.05, 3.63) is 108 Å². The average Bonchev–Trinajstić information content (AvgIpc) is 2.89. The van der Waals surface area contributed by atoms with Crippen LogP contribution < -0.4 is 0 Å². The first-order chi connectivity index (χ1) is 16.0. The van der Waals surface area contributed by atoms with Gasteiger partial charge < -0.3 is 4.79 Å². The van der Waals surface area contributed by atoms with Gasteiger partial charge in [0.1, 0.15) is 5.78 Å². The fraction of sp³-hybridized carbons (Fsp3) is 0.406. The van der Waals surface area contributed by atoms with E-state index in [-0.39, 0.29) is 11.2 Å². The van der Waals surface area contributed by atoms with Crippen LogP contribution in [0, 0.1) is 5.92 Å². The summed E-state index contributed by atoms with van der Waals surface area (Å²) in [4.78, 5) is 10.6. The Morgan fingerprint density at radius 3 is 1.55 bits per heavy atom. The second-order valence-electron chi connectivity index (χ2n) is 8.52. The average molecular weight is 445 g/mol. The van der Waals surface area contributed by atoms with Gasteiger partial charge in [-0.3, -0.25) is 0 Å². The summed E-state index contributed by atoms with van der Waals surface area (Å²) in [5, 5.41) is 0. The number of hydrogen-bond acceptors (Lipinski definition) is 1. The van der Waals surface area contributed by atoms with Crippen LogP contribution in [0.1, 0.15) is 83.9 Å². The Morgan fingerprint density at radius 2 is 1.18 bits per heavy atom. The number of carbonyl (C=O) groups is 1. The number of aryl methyl sites for hydroxylation is 1. The molecule has 0 heterocycles. The van der Waals surface area contributed by atoms with Gasteiger partial charge in [0.2, 0.25) is 0 Å². The van der Waals surface area contributed by atoms with Gasteiger partial charge in [0.15, 0.2) is 0 Å². The van der Waals surface area contributed by atoms with Crippen molar-refractivity contribution in [2.24, 2.45) is 5.92 Å². The van der Waals surface area contributed by atoms with Gasteiger partial charge in [-0.25, -0.2) is 0 Å². The highest BCUT2D eigenvalue weighted by molar-refractivity contribution is 5.75. The maximum absolute atomic E-state index is 10.6. The first kappa shape index (κ1) is 28.4. The summed E-state index contributed by atoms with van der Waals surface area (Å²) in [6.07, 6.45) is 5.26. The molecule has 0 aliphatic carbocycles. The quantitative estimate of drug-likeness (QED) is 0.322. The third kappa shape index (κ3) is 9.00. The predicted molar refractivity (Wildman–Crippen MR) is 145 cm³/mol. The minimum Gasteiger partial charge on any atom is -0.300 e. The van der Waals surface area contributed by atoms with Gasteiger partial charge in [-0.1, -0.05) is 138 Å². The molecular formula is C32H44O. The molecule has 0 N–H and O–H groups in total. The van der Waals surface area contributed by atoms with Crippen molar-refractivity contribution in [2.75, 3.05) is 0 Å². The van der Waals surface area contributed by atoms with Crippen molar-refractivity contribution in [2.45, 2.75) is 79.1 Å². The summed E-state index contributed by atoms with van der Waals surface area (Å²) in [7, 11) is 0. The maximum Gasteiger partial charge on any atom is 0.130 e. The van der Waals surface area contributed by atoms with E-state index in [4.69, 9.17) is 0 Å². The highest BCUT2D eigenvalue weighted by atomic mass is 16.1. The molecule has 0 aromatic heterocycles. The molecule has 0 spiro atoms. The molecule has 1 atom stereocenters. The lowest BCUT2D eigenvalue weighted by atomic mass is 9.65. The molecule has 0 saturated heterocycles. The van der Waals surface area contributed by atoms with Crippen LogP contribution in [0.15, 0.2) is 91.0 Å². The molecule has 0 radical (unpaired) electrons. The zero-order valence-electron chi connectivity index (χ0n) is 21.7. The lowest BCUT2D eigenvalue weighted by Gasteiger charge is -2.39. The fourth-order valence-electron chi connectivity index (χ4n) is 4.42. The van der Waals surface area contributed by atoms with Crippen LogP contribution in [-0.2, 0) is 16.6 Å². The summed E-state index contributed by atoms with van der Waals surface area (Å²) in [5.41, 5.74) is 4.22. The molecule has 1 heteroatoms. The lowest BCUT2D eigenvalue weighted by Crippen LogP contribution is -2.33. The van der Waals surface area contributed by atoms with E-state index in [1.165, 1.54) is 36.0 Å². The smallest absolute Gasteiger partial charge is 0.130 e. The minimum absolute atomic E-state index is 0.104. The van der Waals surface area contributed by atoms with Gasteiger partial charge in [-0.05, 0) is 42.4 Å². The van der Waals surface area contributed by atoms with Gasteiger partial charge >= 0.3 is 0 Å². The third-order valence-electron chi connectivity index (χ3n) is 6.30. The Hall–Kier alpha value is -2.67. The molecule has 33 heavy (non-hydrogen) atoms. The van der Waals surface area contributed by atoms with Crippen LogP contribution in [0.5, 0.6) is 0 Å². The van der Waals surface area contributed by atoms with Crippen LogP contribution in [0.2, 0.25) is 0 Å². The van der Waals surface area contributed by atoms with Crippen molar-refractivity contribution in [1.29, 1.82) is 0 Å². The van der Waals surface area contributed by atoms with Crippen molar-refractivity contribution < 1.29 is 4.79 Å². The Kier molecular flexibility index (Phi) is 13.8. The molecule has 0 amide bonds. The van der Waals surface area contributed by atoms with Gasteiger partial charge in [0.25, 0.3) is 0 Å². The first-order valence-corrected chi connectivity index (χ1v) is 12.7. The standard InChI is InChI=1S/C20H26.C10H12O.C2H6/c1-4-12-17(5-2)20(3,18-13-8-6-9-14-18)19-15-10-7-11-16-19;1-9(11)7-8-10-5-3-2-4-6-10;1-2/h6-11,13-17H,4-5,12H2,1-3H3;2-6H,7-8H2,1H3;1-2H3. The molecule has 0 aliphatic heterocycles. The maximum atomic E-state index is 10.6. The third-order valence-corrected chi connectivity index (χ3v) is 6.30. The van der Waals surface area contributed by atoms with Crippen LogP contribution in [0.3, 0.4) is 0 Å². The Balaban J connectivity index is 0.000000354. The highest BCUT2D eigenvalue weighted by Crippen LogP contribution is 2.42. The molecule has 1 unspecified atom stereocenters. The largest absolute Gasteiger partial charge is 0.300 e. The molecule has 3 aromatic rings. The molecule has 0 fully saturated rings. The SMILES string of the molecule is CC.CC(=O)CCc1ccccc1.CCCC(CC)C(C)(c1ccccc1)c1ccccc1. The fourth-order valence-corrected chi connectivity index (χ4v) is 4.42. The number of ketones is 1. The van der Waals surface area contributed by atoms with Crippen LogP contribution >= 0.6 is 0 Å². The lowest BCUT2D eigenvalue weighted by molar-refractivity contribution is -0.116. The number of carbonyl (C=O) groups excluding carboxylic acids is 1. The Labute approximate surface area is 203 Å². The van der Waals surface area contributed by atoms with Crippen LogP contribution in [-0.4, -0.2) is 5.78 Å². The zero-order chi connectivity index (χ0) is 24.5. The van der Waals surface area contributed by atoms with Crippen LogP contribution in [0.25, 0.3) is 0 Å². The number of benzene rings is 3. The second kappa shape index (κ2) is 16.0. The Bertz CT molecular complexity index is 829. The summed E-state index contributed by atoms with van der Waals surface area (Å²) < 4.78 is 0. The number of Topliss-reactive ketones (excluding diaryl/α,β-unsaturated/α-hetero) is 1. The predicted octanol–water partition coefficient (Wildman–Crippen LogP) is 9.05. The van der Waals surface area contributed by atoms with E-state index in [2.05, 4.69) is 81.4 Å². The van der Waals surface area contributed by atoms with Crippen molar-refractivity contribution in [3.63, 3.8) is 0 Å². The Morgan fingerprint density at radius 1 is 0.758 bits per heavy atom. The molecule has 0 saturated carbocycles. The molecule has 0 aliphatic rings. The summed E-state index contributed by atoms with van der Waals surface area (Å²) in [6.45, 7) is 12.7. The van der Waals surface area contributed by atoms with E-state index < -0.39 is 0 Å². The molecule has 3 rings (SSSR count). The van der Waals surface area contributed by atoms with Gasteiger partial charge in [0, 0.05) is 11.8 Å². The molecule has 0 bridgehead atoms. The molecule has 1 nitrogen and oxygen atoms in total. The topological polar surface area (TPSA) is 17.1 Å². The normalized spacial score (nSPS) is 11.3. The molecule has 178 valence electrons. The number of rotatable bonds is 9. The highest BCUT2D eigenvalue weighted by Gasteiger charge is 2.35. The zero-order valence-corrected chi connectivity index (χ0v) is 21.7. The molecular weight excluding hydrogens is 400 g/mol. The van der Waals surface area contributed by atoms with Crippen molar-refractivity contribution in [3.8, 4) is 0 Å². The van der Waals surface area contributed by atoms with E-state index in [9.17, 15) is 4.79 Å². The van der Waals surface area contributed by atoms with E-state index >= 15 is 0 Å². The second-order valence-corrected chi connectivity index (χ2v) is 8.52. The van der Waals surface area contributed by atoms with Crippen molar-refractivity contribution in [1.82, 2.24) is 0 Å². The first-order valence-electron chi connectivity index (χ1n) is 12.7. The molecule has 3 aromatic carbocycles. The van der Waals surface area contributed by atoms with Gasteiger partial charge in [-0.2, -0.15) is 0 Å². The monoisotopic (exact) mass is 444 g/mol. The minimum atomic E-state index is 0.104. The van der Waals surface area contributed by atoms with Gasteiger partial charge in [0.05, 0.1) is 0 Å². The van der Waals surface area contributed by atoms with E-state index in [0.717, 1.165) is 6.42 Å². The van der Waals surface area contributed by atoms with Crippen molar-refractivity contribution >= 4 is 5.78 Å². The summed E-state index contributed by atoms with van der Waals surface area (Å²) >= 11 is 0. The summed E-state index contributed by atoms with van der Waals surface area (Å²) in [5.74, 6) is 0.936. The van der Waals surface area contributed by atoms with E-state index in [0.29, 0.717) is 12.3 Å². The summed E-state index contributed by atoms with van der Waals surface area (Å²) in [6, 6.07) is 32.1. The van der Waals surface area contributed by atoms with E-state index in [1.54, 1.807) is 6.92 Å². The van der Waals surface area contributed by atoms with Gasteiger partial charge in [-0.15, -0.1) is 0 Å². The van der Waals surface area contributed by atoms with E-state index in [1.807, 2.05) is 44.2 Å².